The van der Waals surface area contributed by atoms with Gasteiger partial charge in [0.25, 0.3) is 0 Å². The van der Waals surface area contributed by atoms with Gasteiger partial charge in [-0.05, 0) is 30.3 Å². The molecule has 3 nitrogen and oxygen atoms in total. The minimum Gasteiger partial charge on any atom is -0.396 e. The predicted molar refractivity (Wildman–Crippen MR) is 75.3 cm³/mol. The first-order valence-electron chi connectivity index (χ1n) is 5.75. The number of nitrogens with zero attached hydrogens (tertiary/aromatic N) is 1. The first kappa shape index (κ1) is 15.0. The third-order valence-electron chi connectivity index (χ3n) is 2.79. The molecule has 0 saturated carbocycles. The summed E-state index contributed by atoms with van der Waals surface area (Å²) in [7, 11) is 0. The van der Waals surface area contributed by atoms with Gasteiger partial charge in [-0.1, -0.05) is 17.7 Å². The fraction of sp³-hybridized carbons (Fsp3) is 0.0714. The van der Waals surface area contributed by atoms with Gasteiger partial charge in [0.1, 0.15) is 6.07 Å². The number of halogens is 4. The number of alkyl halides is 3. The molecule has 3 N–H and O–H groups in total. The topological polar surface area (TPSA) is 61.8 Å². The van der Waals surface area contributed by atoms with Crippen molar-refractivity contribution in [3.63, 3.8) is 0 Å². The van der Waals surface area contributed by atoms with E-state index in [0.29, 0.717) is 10.7 Å². The van der Waals surface area contributed by atoms with Crippen LogP contribution in [-0.2, 0) is 6.18 Å². The first-order chi connectivity index (χ1) is 9.82. The summed E-state index contributed by atoms with van der Waals surface area (Å²) in [6.45, 7) is 0. The van der Waals surface area contributed by atoms with Crippen molar-refractivity contribution in [1.29, 1.82) is 5.26 Å². The quantitative estimate of drug-likeness (QED) is 0.799. The molecular formula is C14H9ClF3N3. The van der Waals surface area contributed by atoms with E-state index < -0.39 is 11.7 Å². The van der Waals surface area contributed by atoms with Gasteiger partial charge in [-0.2, -0.15) is 18.4 Å². The van der Waals surface area contributed by atoms with E-state index in [2.05, 4.69) is 5.32 Å². The van der Waals surface area contributed by atoms with Crippen LogP contribution in [-0.4, -0.2) is 0 Å². The van der Waals surface area contributed by atoms with Crippen LogP contribution in [0.5, 0.6) is 0 Å². The molecule has 0 saturated heterocycles. The molecule has 7 heteroatoms. The highest BCUT2D eigenvalue weighted by atomic mass is 35.5. The maximum Gasteiger partial charge on any atom is 0.416 e. The molecule has 0 amide bonds. The van der Waals surface area contributed by atoms with Gasteiger partial charge < -0.3 is 11.1 Å². The number of nitriles is 1. The Labute approximate surface area is 123 Å². The third kappa shape index (κ3) is 3.20. The normalized spacial score (nSPS) is 11.0. The van der Waals surface area contributed by atoms with Gasteiger partial charge in [-0.3, -0.25) is 0 Å². The van der Waals surface area contributed by atoms with Crippen molar-refractivity contribution in [3.8, 4) is 6.07 Å². The Morgan fingerprint density at radius 3 is 2.48 bits per heavy atom. The van der Waals surface area contributed by atoms with Gasteiger partial charge in [0, 0.05) is 0 Å². The Hall–Kier alpha value is -2.39. The molecular weight excluding hydrogens is 303 g/mol. The number of hydrogen-bond acceptors (Lipinski definition) is 3. The molecule has 0 spiro atoms. The Morgan fingerprint density at radius 2 is 1.86 bits per heavy atom. The van der Waals surface area contributed by atoms with Crippen LogP contribution in [0, 0.1) is 11.3 Å². The molecule has 0 aliphatic rings. The number of benzene rings is 2. The number of nitrogens with two attached hydrogens (primary N) is 1. The van der Waals surface area contributed by atoms with Gasteiger partial charge in [0.2, 0.25) is 0 Å². The molecule has 0 atom stereocenters. The van der Waals surface area contributed by atoms with E-state index in [1.54, 1.807) is 24.3 Å². The monoisotopic (exact) mass is 311 g/mol. The Morgan fingerprint density at radius 1 is 1.14 bits per heavy atom. The third-order valence-corrected chi connectivity index (χ3v) is 3.12. The zero-order valence-electron chi connectivity index (χ0n) is 10.5. The van der Waals surface area contributed by atoms with Crippen molar-refractivity contribution < 1.29 is 13.2 Å². The average molecular weight is 312 g/mol. The average Bonchev–Trinajstić information content (AvgIpc) is 2.43. The van der Waals surface area contributed by atoms with Crippen LogP contribution in [0.3, 0.4) is 0 Å². The van der Waals surface area contributed by atoms with Crippen molar-refractivity contribution in [2.24, 2.45) is 0 Å². The van der Waals surface area contributed by atoms with E-state index in [-0.39, 0.29) is 16.9 Å². The smallest absolute Gasteiger partial charge is 0.396 e. The number of anilines is 3. The van der Waals surface area contributed by atoms with Crippen molar-refractivity contribution in [2.75, 3.05) is 11.1 Å². The van der Waals surface area contributed by atoms with E-state index in [1.165, 1.54) is 6.07 Å². The lowest BCUT2D eigenvalue weighted by molar-refractivity contribution is -0.137. The minimum atomic E-state index is -4.50. The molecule has 0 aliphatic carbocycles. The molecule has 0 aliphatic heterocycles. The number of hydrogen-bond donors (Lipinski definition) is 2. The number of nitrogens with one attached hydrogen (secondary N) is 1. The fourth-order valence-electron chi connectivity index (χ4n) is 1.71. The van der Waals surface area contributed by atoms with E-state index in [0.717, 1.165) is 12.1 Å². The van der Waals surface area contributed by atoms with Crippen LogP contribution >= 0.6 is 11.6 Å². The Balaban J connectivity index is 2.42. The van der Waals surface area contributed by atoms with Gasteiger partial charge in [0.15, 0.2) is 0 Å². The Bertz CT molecular complexity index is 720. The molecule has 21 heavy (non-hydrogen) atoms. The van der Waals surface area contributed by atoms with E-state index >= 15 is 0 Å². The van der Waals surface area contributed by atoms with Crippen LogP contribution in [0.4, 0.5) is 30.2 Å². The highest BCUT2D eigenvalue weighted by molar-refractivity contribution is 6.33. The van der Waals surface area contributed by atoms with Gasteiger partial charge >= 0.3 is 6.18 Å². The minimum absolute atomic E-state index is 0.135. The van der Waals surface area contributed by atoms with E-state index in [1.807, 2.05) is 0 Å². The zero-order chi connectivity index (χ0) is 15.6. The first-order valence-corrected chi connectivity index (χ1v) is 6.13. The van der Waals surface area contributed by atoms with Crippen molar-refractivity contribution in [3.05, 3.63) is 52.5 Å². The summed E-state index contributed by atoms with van der Waals surface area (Å²) < 4.78 is 37.8. The summed E-state index contributed by atoms with van der Waals surface area (Å²) in [5, 5.41) is 12.1. The maximum absolute atomic E-state index is 12.6. The summed E-state index contributed by atoms with van der Waals surface area (Å²) in [5.74, 6) is 0. The molecule has 0 fully saturated rings. The second-order valence-corrected chi connectivity index (χ2v) is 4.60. The molecule has 0 aromatic heterocycles. The second-order valence-electron chi connectivity index (χ2n) is 4.20. The van der Waals surface area contributed by atoms with Crippen LogP contribution in [0.25, 0.3) is 0 Å². The predicted octanol–water partition coefficient (Wildman–Crippen LogP) is 4.56. The molecule has 0 heterocycles. The van der Waals surface area contributed by atoms with Crippen molar-refractivity contribution >= 4 is 28.7 Å². The van der Waals surface area contributed by atoms with Crippen LogP contribution < -0.4 is 11.1 Å². The van der Waals surface area contributed by atoms with Gasteiger partial charge in [0.05, 0.1) is 33.2 Å². The molecule has 2 aromatic rings. The summed E-state index contributed by atoms with van der Waals surface area (Å²) >= 11 is 5.86. The Kier molecular flexibility index (Phi) is 3.96. The van der Waals surface area contributed by atoms with Crippen LogP contribution in [0.2, 0.25) is 5.02 Å². The van der Waals surface area contributed by atoms with Crippen LogP contribution in [0.1, 0.15) is 11.1 Å². The lowest BCUT2D eigenvalue weighted by Gasteiger charge is -2.13. The fourth-order valence-corrected chi connectivity index (χ4v) is 1.89. The lowest BCUT2D eigenvalue weighted by Crippen LogP contribution is -2.06. The molecule has 0 unspecified atom stereocenters. The van der Waals surface area contributed by atoms with Gasteiger partial charge in [-0.25, -0.2) is 0 Å². The number of nitrogen functional groups attached to an aromatic ring is 1. The summed E-state index contributed by atoms with van der Waals surface area (Å²) in [4.78, 5) is 0. The summed E-state index contributed by atoms with van der Waals surface area (Å²) in [5.41, 5.74) is 5.63. The molecule has 2 aromatic carbocycles. The lowest BCUT2D eigenvalue weighted by atomic mass is 10.1. The highest BCUT2D eigenvalue weighted by Crippen LogP contribution is 2.34. The zero-order valence-corrected chi connectivity index (χ0v) is 11.3. The summed E-state index contributed by atoms with van der Waals surface area (Å²) in [6, 6.07) is 9.41. The number of para-hydroxylation sites is 1. The maximum atomic E-state index is 12.6. The SMILES string of the molecule is N#Cc1cc(C(F)(F)F)ccc1Nc1cccc(Cl)c1N. The van der Waals surface area contributed by atoms with Crippen molar-refractivity contribution in [2.45, 2.75) is 6.18 Å². The van der Waals surface area contributed by atoms with E-state index in [9.17, 15) is 13.2 Å². The molecule has 2 rings (SSSR count). The standard InChI is InChI=1S/C14H9ClF3N3/c15-10-2-1-3-12(13(10)20)21-11-5-4-9(14(16,17)18)6-8(11)7-19/h1-6,21H,20H2. The summed E-state index contributed by atoms with van der Waals surface area (Å²) in [6.07, 6.45) is -4.50. The molecule has 0 bridgehead atoms. The molecule has 108 valence electrons. The van der Waals surface area contributed by atoms with Gasteiger partial charge in [-0.15, -0.1) is 0 Å². The molecule has 0 radical (unpaired) electrons. The van der Waals surface area contributed by atoms with E-state index in [4.69, 9.17) is 22.6 Å². The largest absolute Gasteiger partial charge is 0.416 e. The highest BCUT2D eigenvalue weighted by Gasteiger charge is 2.31. The number of rotatable bonds is 2. The second kappa shape index (κ2) is 5.54. The van der Waals surface area contributed by atoms with Crippen LogP contribution in [0.15, 0.2) is 36.4 Å². The van der Waals surface area contributed by atoms with Crippen molar-refractivity contribution in [1.82, 2.24) is 0 Å².